The molecule has 0 atom stereocenters. The van der Waals surface area contributed by atoms with Gasteiger partial charge in [-0.25, -0.2) is 0 Å². The summed E-state index contributed by atoms with van der Waals surface area (Å²) in [5, 5.41) is 21.2. The highest BCUT2D eigenvalue weighted by Crippen LogP contribution is 2.38. The molecule has 0 radical (unpaired) electrons. The fourth-order valence-corrected chi connectivity index (χ4v) is 1.71. The molecule has 1 aromatic rings. The van der Waals surface area contributed by atoms with Crippen molar-refractivity contribution in [2.24, 2.45) is 0 Å². The van der Waals surface area contributed by atoms with Crippen LogP contribution in [0, 0.1) is 10.1 Å². The molecule has 0 saturated carbocycles. The van der Waals surface area contributed by atoms with Gasteiger partial charge >= 0.3 is 5.69 Å². The van der Waals surface area contributed by atoms with Gasteiger partial charge in [0.2, 0.25) is 5.75 Å². The lowest BCUT2D eigenvalue weighted by Gasteiger charge is -2.12. The van der Waals surface area contributed by atoms with Gasteiger partial charge in [0.15, 0.2) is 6.29 Å². The molecule has 0 saturated heterocycles. The predicted octanol–water partition coefficient (Wildman–Crippen LogP) is 0.362. The predicted molar refractivity (Wildman–Crippen MR) is 58.8 cm³/mol. The molecule has 0 heterocycles. The van der Waals surface area contributed by atoms with Crippen molar-refractivity contribution in [3.05, 3.63) is 32.3 Å². The molecule has 0 aliphatic rings. The molecule has 0 N–H and O–H groups in total. The molecule has 0 aromatic heterocycles. The van der Waals surface area contributed by atoms with E-state index in [2.05, 4.69) is 0 Å². The quantitative estimate of drug-likeness (QED) is 0.435. The number of halogens is 1. The summed E-state index contributed by atoms with van der Waals surface area (Å²) >= 11 is 5.79. The molecule has 96 valence electrons. The number of hydrogen-bond donors (Lipinski definition) is 0. The van der Waals surface area contributed by atoms with Gasteiger partial charge < -0.3 is 14.6 Å². The van der Waals surface area contributed by atoms with Gasteiger partial charge in [0.25, 0.3) is 0 Å². The van der Waals surface area contributed by atoms with Gasteiger partial charge in [-0.2, -0.15) is 0 Å². The normalized spacial score (nSPS) is 9.89. The van der Waals surface area contributed by atoms with E-state index in [9.17, 15) is 24.8 Å². The number of carbonyl (C=O) groups is 2. The van der Waals surface area contributed by atoms with Crippen LogP contribution in [0.25, 0.3) is 0 Å². The van der Waals surface area contributed by atoms with E-state index in [0.29, 0.717) is 6.29 Å². The second-order valence-electron chi connectivity index (χ2n) is 3.23. The number of aliphatic carboxylic acids is 1. The van der Waals surface area contributed by atoms with E-state index in [4.69, 9.17) is 16.3 Å². The van der Waals surface area contributed by atoms with Crippen molar-refractivity contribution in [2.75, 3.05) is 7.11 Å². The number of carboxylic acid groups (broad SMARTS) is 1. The number of benzene rings is 1. The number of aldehydes is 1. The van der Waals surface area contributed by atoms with Crippen molar-refractivity contribution >= 4 is 29.5 Å². The van der Waals surface area contributed by atoms with E-state index in [-0.39, 0.29) is 21.9 Å². The lowest BCUT2D eigenvalue weighted by Crippen LogP contribution is -2.25. The van der Waals surface area contributed by atoms with Crippen LogP contribution in [0.3, 0.4) is 0 Å². The Morgan fingerprint density at radius 3 is 2.61 bits per heavy atom. The largest absolute Gasteiger partial charge is 0.550 e. The van der Waals surface area contributed by atoms with Crippen molar-refractivity contribution in [3.63, 3.8) is 0 Å². The standard InChI is InChI=1S/C10H8ClNO6/c1-18-10-6(3-8(14)15)9(11)5(4-13)2-7(10)12(16)17/h2,4H,3H2,1H3,(H,14,15)/p-1. The third-order valence-corrected chi connectivity index (χ3v) is 2.61. The van der Waals surface area contributed by atoms with Crippen molar-refractivity contribution in [1.82, 2.24) is 0 Å². The zero-order valence-corrected chi connectivity index (χ0v) is 9.89. The number of ether oxygens (including phenoxy) is 1. The van der Waals surface area contributed by atoms with Crippen LogP contribution in [0.5, 0.6) is 5.75 Å². The topological polar surface area (TPSA) is 110 Å². The molecule has 0 amide bonds. The minimum atomic E-state index is -1.49. The molecule has 0 aliphatic heterocycles. The molecule has 18 heavy (non-hydrogen) atoms. The Kier molecular flexibility index (Phi) is 4.22. The highest BCUT2D eigenvalue weighted by atomic mass is 35.5. The monoisotopic (exact) mass is 272 g/mol. The Bertz CT molecular complexity index is 528. The van der Waals surface area contributed by atoms with Crippen LogP contribution >= 0.6 is 11.6 Å². The first-order valence-corrected chi connectivity index (χ1v) is 4.99. The zero-order valence-electron chi connectivity index (χ0n) is 9.14. The zero-order chi connectivity index (χ0) is 13.9. The van der Waals surface area contributed by atoms with E-state index in [1.54, 1.807) is 0 Å². The number of nitro benzene ring substituents is 1. The van der Waals surface area contributed by atoms with Gasteiger partial charge in [0.05, 0.1) is 17.1 Å². The summed E-state index contributed by atoms with van der Waals surface area (Å²) in [4.78, 5) is 31.3. The molecule has 0 spiro atoms. The van der Waals surface area contributed by atoms with E-state index in [0.717, 1.165) is 13.2 Å². The Hall–Kier alpha value is -2.15. The van der Waals surface area contributed by atoms with Crippen LogP contribution in [-0.4, -0.2) is 24.3 Å². The molecule has 0 fully saturated rings. The van der Waals surface area contributed by atoms with Crippen molar-refractivity contribution in [2.45, 2.75) is 6.42 Å². The maximum absolute atomic E-state index is 10.8. The fraction of sp³-hybridized carbons (Fsp3) is 0.200. The maximum atomic E-state index is 10.8. The molecule has 0 bridgehead atoms. The number of methoxy groups -OCH3 is 1. The Morgan fingerprint density at radius 2 is 2.22 bits per heavy atom. The van der Waals surface area contributed by atoms with E-state index in [1.807, 2.05) is 0 Å². The second-order valence-corrected chi connectivity index (χ2v) is 3.61. The van der Waals surface area contributed by atoms with Crippen LogP contribution in [0.1, 0.15) is 15.9 Å². The number of hydrogen-bond acceptors (Lipinski definition) is 6. The molecule has 7 nitrogen and oxygen atoms in total. The third kappa shape index (κ3) is 2.57. The van der Waals surface area contributed by atoms with Gasteiger partial charge in [0, 0.05) is 29.6 Å². The summed E-state index contributed by atoms with van der Waals surface area (Å²) in [5.74, 6) is -1.78. The summed E-state index contributed by atoms with van der Waals surface area (Å²) in [5.41, 5.74) is -0.865. The van der Waals surface area contributed by atoms with E-state index >= 15 is 0 Å². The van der Waals surface area contributed by atoms with Gasteiger partial charge in [-0.05, 0) is 0 Å². The summed E-state index contributed by atoms with van der Waals surface area (Å²) < 4.78 is 4.79. The van der Waals surface area contributed by atoms with Gasteiger partial charge in [-0.1, -0.05) is 11.6 Å². The van der Waals surface area contributed by atoms with Crippen molar-refractivity contribution in [1.29, 1.82) is 0 Å². The van der Waals surface area contributed by atoms with E-state index in [1.165, 1.54) is 0 Å². The first kappa shape index (κ1) is 13.9. The first-order valence-electron chi connectivity index (χ1n) is 4.61. The summed E-state index contributed by atoms with van der Waals surface area (Å²) in [6, 6.07) is 0.924. The highest BCUT2D eigenvalue weighted by Gasteiger charge is 2.24. The Morgan fingerprint density at radius 1 is 1.61 bits per heavy atom. The van der Waals surface area contributed by atoms with Gasteiger partial charge in [-0.15, -0.1) is 0 Å². The van der Waals surface area contributed by atoms with Gasteiger partial charge in [-0.3, -0.25) is 14.9 Å². The summed E-state index contributed by atoms with van der Waals surface area (Å²) in [7, 11) is 1.14. The molecule has 0 unspecified atom stereocenters. The maximum Gasteiger partial charge on any atom is 0.312 e. The molecular formula is C10H7ClNO6-. The number of rotatable bonds is 5. The van der Waals surface area contributed by atoms with Crippen LogP contribution < -0.4 is 9.84 Å². The minimum absolute atomic E-state index is 0.157. The number of nitrogens with zero attached hydrogens (tertiary/aromatic N) is 1. The van der Waals surface area contributed by atoms with Crippen LogP contribution in [0.4, 0.5) is 5.69 Å². The molecule has 0 aliphatic carbocycles. The molecule has 1 aromatic carbocycles. The third-order valence-electron chi connectivity index (χ3n) is 2.17. The van der Waals surface area contributed by atoms with Crippen LogP contribution in [0.15, 0.2) is 6.07 Å². The number of carbonyl (C=O) groups excluding carboxylic acids is 2. The smallest absolute Gasteiger partial charge is 0.312 e. The molecular weight excluding hydrogens is 266 g/mol. The SMILES string of the molecule is COc1c([N+](=O)[O-])cc(C=O)c(Cl)c1CC(=O)[O-]. The first-order chi connectivity index (χ1) is 8.42. The van der Waals surface area contributed by atoms with Crippen molar-refractivity contribution < 1.29 is 24.4 Å². The summed E-state index contributed by atoms with van der Waals surface area (Å²) in [6.45, 7) is 0. The lowest BCUT2D eigenvalue weighted by atomic mass is 10.1. The fourth-order valence-electron chi connectivity index (χ4n) is 1.46. The van der Waals surface area contributed by atoms with Crippen LogP contribution in [0.2, 0.25) is 5.02 Å². The Labute approximate surface area is 106 Å². The average Bonchev–Trinajstić information content (AvgIpc) is 2.30. The minimum Gasteiger partial charge on any atom is -0.550 e. The second kappa shape index (κ2) is 5.46. The van der Waals surface area contributed by atoms with Crippen molar-refractivity contribution in [3.8, 4) is 5.75 Å². The Balaban J connectivity index is 3.61. The van der Waals surface area contributed by atoms with Crippen LogP contribution in [-0.2, 0) is 11.2 Å². The van der Waals surface area contributed by atoms with E-state index < -0.39 is 23.0 Å². The lowest BCUT2D eigenvalue weighted by molar-refractivity contribution is -0.385. The molecule has 8 heteroatoms. The number of nitro groups is 1. The number of carboxylic acids is 1. The van der Waals surface area contributed by atoms with Gasteiger partial charge in [0.1, 0.15) is 0 Å². The average molecular weight is 273 g/mol. The summed E-state index contributed by atoms with van der Waals surface area (Å²) in [6.07, 6.45) is -0.391. The molecule has 1 rings (SSSR count). The highest BCUT2D eigenvalue weighted by molar-refractivity contribution is 6.34.